The Morgan fingerprint density at radius 3 is 2.75 bits per heavy atom. The number of nitrogens with two attached hydrogens (primary N) is 1. The minimum atomic E-state index is -0.260. The Morgan fingerprint density at radius 2 is 2.05 bits per heavy atom. The monoisotopic (exact) mass is 271 g/mol. The molecule has 1 amide bonds. The molecule has 0 saturated carbocycles. The summed E-state index contributed by atoms with van der Waals surface area (Å²) in [5, 5.41) is 2.76. The maximum atomic E-state index is 12.0. The molecular formula is C15H17N3O2. The van der Waals surface area contributed by atoms with Crippen molar-refractivity contribution in [2.75, 3.05) is 11.1 Å². The molecule has 0 fully saturated rings. The number of pyridine rings is 1. The minimum absolute atomic E-state index is 0.0205. The summed E-state index contributed by atoms with van der Waals surface area (Å²) in [7, 11) is 0. The summed E-state index contributed by atoms with van der Waals surface area (Å²) in [6, 6.07) is 8.62. The Bertz CT molecular complexity index is 705. The molecule has 0 unspecified atom stereocenters. The fraction of sp³-hybridized carbons (Fsp3) is 0.200. The van der Waals surface area contributed by atoms with Crippen LogP contribution in [0.2, 0.25) is 0 Å². The van der Waals surface area contributed by atoms with E-state index in [0.717, 1.165) is 11.1 Å². The SMILES string of the molecule is Cc1ccn(CC(=O)Nc2cccc(N)c2C)c(=O)c1. The molecule has 0 aliphatic carbocycles. The average Bonchev–Trinajstić information content (AvgIpc) is 2.38. The highest BCUT2D eigenvalue weighted by atomic mass is 16.2. The van der Waals surface area contributed by atoms with Crippen LogP contribution in [0.4, 0.5) is 11.4 Å². The van der Waals surface area contributed by atoms with Gasteiger partial charge in [-0.25, -0.2) is 0 Å². The third kappa shape index (κ3) is 3.06. The van der Waals surface area contributed by atoms with Gasteiger partial charge in [-0.05, 0) is 43.2 Å². The molecule has 0 bridgehead atoms. The van der Waals surface area contributed by atoms with E-state index < -0.39 is 0 Å². The number of hydrogen-bond donors (Lipinski definition) is 2. The highest BCUT2D eigenvalue weighted by Gasteiger charge is 2.07. The summed E-state index contributed by atoms with van der Waals surface area (Å²) in [6.45, 7) is 3.65. The van der Waals surface area contributed by atoms with Crippen LogP contribution in [-0.4, -0.2) is 10.5 Å². The third-order valence-corrected chi connectivity index (χ3v) is 3.12. The van der Waals surface area contributed by atoms with Gasteiger partial charge in [0.2, 0.25) is 5.91 Å². The first-order chi connectivity index (χ1) is 9.47. The summed E-state index contributed by atoms with van der Waals surface area (Å²) >= 11 is 0. The van der Waals surface area contributed by atoms with E-state index in [1.54, 1.807) is 30.5 Å². The summed E-state index contributed by atoms with van der Waals surface area (Å²) in [5.41, 5.74) is 8.57. The highest BCUT2D eigenvalue weighted by molar-refractivity contribution is 5.92. The quantitative estimate of drug-likeness (QED) is 0.834. The number of nitrogen functional groups attached to an aromatic ring is 1. The van der Waals surface area contributed by atoms with Crippen LogP contribution < -0.4 is 16.6 Å². The molecule has 0 saturated heterocycles. The zero-order chi connectivity index (χ0) is 14.7. The fourth-order valence-electron chi connectivity index (χ4n) is 1.87. The van der Waals surface area contributed by atoms with Gasteiger partial charge in [0.15, 0.2) is 0 Å². The molecule has 0 radical (unpaired) electrons. The van der Waals surface area contributed by atoms with Crippen LogP contribution in [0.15, 0.2) is 41.3 Å². The van der Waals surface area contributed by atoms with Gasteiger partial charge in [0.05, 0.1) is 0 Å². The third-order valence-electron chi connectivity index (χ3n) is 3.12. The number of benzene rings is 1. The number of hydrogen-bond acceptors (Lipinski definition) is 3. The Labute approximate surface area is 117 Å². The molecule has 1 aromatic carbocycles. The fourth-order valence-corrected chi connectivity index (χ4v) is 1.87. The van der Waals surface area contributed by atoms with Gasteiger partial charge in [-0.15, -0.1) is 0 Å². The molecule has 3 N–H and O–H groups in total. The molecule has 0 aliphatic rings. The van der Waals surface area contributed by atoms with Gasteiger partial charge in [-0.1, -0.05) is 6.07 Å². The smallest absolute Gasteiger partial charge is 0.251 e. The number of aryl methyl sites for hydroxylation is 1. The number of nitrogens with one attached hydrogen (secondary N) is 1. The van der Waals surface area contributed by atoms with Crippen LogP contribution in [-0.2, 0) is 11.3 Å². The molecule has 0 atom stereocenters. The first-order valence-corrected chi connectivity index (χ1v) is 6.29. The minimum Gasteiger partial charge on any atom is -0.398 e. The van der Waals surface area contributed by atoms with Crippen LogP contribution in [0.25, 0.3) is 0 Å². The molecule has 5 heteroatoms. The molecule has 2 aromatic rings. The zero-order valence-electron chi connectivity index (χ0n) is 11.5. The predicted octanol–water partition coefficient (Wildman–Crippen LogP) is 1.69. The van der Waals surface area contributed by atoms with Crippen LogP contribution in [0, 0.1) is 13.8 Å². The molecule has 20 heavy (non-hydrogen) atoms. The van der Waals surface area contributed by atoms with Crippen molar-refractivity contribution >= 4 is 17.3 Å². The van der Waals surface area contributed by atoms with E-state index in [1.165, 1.54) is 10.6 Å². The molecule has 5 nitrogen and oxygen atoms in total. The second-order valence-electron chi connectivity index (χ2n) is 4.74. The maximum Gasteiger partial charge on any atom is 0.251 e. The number of carbonyl (C=O) groups excluding carboxylic acids is 1. The lowest BCUT2D eigenvalue weighted by molar-refractivity contribution is -0.116. The van der Waals surface area contributed by atoms with E-state index in [4.69, 9.17) is 5.73 Å². The van der Waals surface area contributed by atoms with Crippen molar-refractivity contribution in [3.8, 4) is 0 Å². The lowest BCUT2D eigenvalue weighted by Gasteiger charge is -2.11. The van der Waals surface area contributed by atoms with Gasteiger partial charge in [-0.3, -0.25) is 9.59 Å². The molecule has 2 rings (SSSR count). The van der Waals surface area contributed by atoms with Crippen molar-refractivity contribution < 1.29 is 4.79 Å². The van der Waals surface area contributed by atoms with Gasteiger partial charge in [0.25, 0.3) is 5.56 Å². The lowest BCUT2D eigenvalue weighted by atomic mass is 10.1. The van der Waals surface area contributed by atoms with Crippen LogP contribution in [0.5, 0.6) is 0 Å². The number of carbonyl (C=O) groups is 1. The van der Waals surface area contributed by atoms with Crippen molar-refractivity contribution in [1.29, 1.82) is 0 Å². The molecule has 0 spiro atoms. The summed E-state index contributed by atoms with van der Waals surface area (Å²) in [6.07, 6.45) is 1.61. The van der Waals surface area contributed by atoms with Crippen molar-refractivity contribution in [2.45, 2.75) is 20.4 Å². The van der Waals surface area contributed by atoms with E-state index in [1.807, 2.05) is 13.8 Å². The molecular weight excluding hydrogens is 254 g/mol. The first kappa shape index (κ1) is 13.9. The maximum absolute atomic E-state index is 12.0. The van der Waals surface area contributed by atoms with E-state index >= 15 is 0 Å². The largest absolute Gasteiger partial charge is 0.398 e. The zero-order valence-corrected chi connectivity index (χ0v) is 11.5. The number of aromatic nitrogens is 1. The lowest BCUT2D eigenvalue weighted by Crippen LogP contribution is -2.27. The molecule has 1 heterocycles. The van der Waals surface area contributed by atoms with Crippen molar-refractivity contribution in [3.63, 3.8) is 0 Å². The van der Waals surface area contributed by atoms with E-state index in [-0.39, 0.29) is 18.0 Å². The van der Waals surface area contributed by atoms with Gasteiger partial charge < -0.3 is 15.6 Å². The normalized spacial score (nSPS) is 10.3. The summed E-state index contributed by atoms with van der Waals surface area (Å²) in [5.74, 6) is -0.260. The van der Waals surface area contributed by atoms with Crippen molar-refractivity contribution in [1.82, 2.24) is 4.57 Å². The van der Waals surface area contributed by atoms with Gasteiger partial charge >= 0.3 is 0 Å². The van der Waals surface area contributed by atoms with E-state index in [2.05, 4.69) is 5.32 Å². The van der Waals surface area contributed by atoms with Crippen LogP contribution in [0.1, 0.15) is 11.1 Å². The highest BCUT2D eigenvalue weighted by Crippen LogP contribution is 2.20. The molecule has 104 valence electrons. The first-order valence-electron chi connectivity index (χ1n) is 6.29. The predicted molar refractivity (Wildman–Crippen MR) is 79.7 cm³/mol. The van der Waals surface area contributed by atoms with Crippen molar-refractivity contribution in [2.24, 2.45) is 0 Å². The average molecular weight is 271 g/mol. The van der Waals surface area contributed by atoms with Crippen LogP contribution in [0.3, 0.4) is 0 Å². The van der Waals surface area contributed by atoms with Crippen LogP contribution >= 0.6 is 0 Å². The Kier molecular flexibility index (Phi) is 3.89. The Hall–Kier alpha value is -2.56. The molecule has 1 aromatic heterocycles. The Morgan fingerprint density at radius 1 is 1.30 bits per heavy atom. The number of amides is 1. The second kappa shape index (κ2) is 5.61. The summed E-state index contributed by atoms with van der Waals surface area (Å²) in [4.78, 5) is 23.7. The topological polar surface area (TPSA) is 77.1 Å². The standard InChI is InChI=1S/C15H17N3O2/c1-10-6-7-18(15(20)8-10)9-14(19)17-13-5-3-4-12(16)11(13)2/h3-8H,9,16H2,1-2H3,(H,17,19). The second-order valence-corrected chi connectivity index (χ2v) is 4.74. The number of nitrogens with zero attached hydrogens (tertiary/aromatic N) is 1. The van der Waals surface area contributed by atoms with Gasteiger partial charge in [-0.2, -0.15) is 0 Å². The number of rotatable bonds is 3. The van der Waals surface area contributed by atoms with E-state index in [0.29, 0.717) is 11.4 Å². The van der Waals surface area contributed by atoms with Gasteiger partial charge in [0, 0.05) is 23.6 Å². The Balaban J connectivity index is 2.13. The van der Waals surface area contributed by atoms with Crippen molar-refractivity contribution in [3.05, 3.63) is 58.0 Å². The number of anilines is 2. The van der Waals surface area contributed by atoms with Gasteiger partial charge in [0.1, 0.15) is 6.54 Å². The molecule has 0 aliphatic heterocycles. The van der Waals surface area contributed by atoms with E-state index in [9.17, 15) is 9.59 Å². The summed E-state index contributed by atoms with van der Waals surface area (Å²) < 4.78 is 1.37.